The first kappa shape index (κ1) is 12.2. The maximum atomic E-state index is 5.78. The van der Waals surface area contributed by atoms with Crippen molar-refractivity contribution in [2.24, 2.45) is 5.73 Å². The van der Waals surface area contributed by atoms with Gasteiger partial charge in [-0.15, -0.1) is 0 Å². The van der Waals surface area contributed by atoms with Crippen LogP contribution in [0, 0.1) is 0 Å². The van der Waals surface area contributed by atoms with Crippen molar-refractivity contribution in [3.8, 4) is 11.5 Å². The number of fused-ring (bicyclic) bond motifs is 1. The molecule has 2 N–H and O–H groups in total. The van der Waals surface area contributed by atoms with Crippen LogP contribution in [0.2, 0.25) is 0 Å². The summed E-state index contributed by atoms with van der Waals surface area (Å²) in [5, 5.41) is 0. The van der Waals surface area contributed by atoms with Crippen LogP contribution in [0.25, 0.3) is 0 Å². The van der Waals surface area contributed by atoms with Crippen LogP contribution in [0.15, 0.2) is 18.2 Å². The average molecular weight is 237 g/mol. The highest BCUT2D eigenvalue weighted by Gasteiger charge is 2.11. The predicted molar refractivity (Wildman–Crippen MR) is 65.4 cm³/mol. The Morgan fingerprint density at radius 1 is 1.29 bits per heavy atom. The van der Waals surface area contributed by atoms with Gasteiger partial charge in [0.2, 0.25) is 0 Å². The van der Waals surface area contributed by atoms with E-state index < -0.39 is 0 Å². The van der Waals surface area contributed by atoms with Crippen LogP contribution in [0.5, 0.6) is 11.5 Å². The third-order valence-electron chi connectivity index (χ3n) is 2.73. The molecule has 1 aromatic rings. The molecule has 0 spiro atoms. The van der Waals surface area contributed by atoms with Gasteiger partial charge in [-0.2, -0.15) is 0 Å². The molecule has 0 aliphatic carbocycles. The average Bonchev–Trinajstić information content (AvgIpc) is 2.38. The van der Waals surface area contributed by atoms with Crippen LogP contribution in [-0.4, -0.2) is 25.9 Å². The van der Waals surface area contributed by atoms with Crippen molar-refractivity contribution < 1.29 is 14.2 Å². The highest BCUT2D eigenvalue weighted by atomic mass is 16.6. The molecule has 0 saturated carbocycles. The lowest BCUT2D eigenvalue weighted by molar-refractivity contribution is 0.106. The molecule has 1 aromatic carbocycles. The van der Waals surface area contributed by atoms with Crippen molar-refractivity contribution in [2.75, 3.05) is 19.8 Å². The van der Waals surface area contributed by atoms with Crippen molar-refractivity contribution in [3.63, 3.8) is 0 Å². The number of hydrogen-bond acceptors (Lipinski definition) is 4. The molecule has 0 aromatic heterocycles. The third-order valence-corrected chi connectivity index (χ3v) is 2.73. The molecule has 1 heterocycles. The van der Waals surface area contributed by atoms with Crippen molar-refractivity contribution in [2.45, 2.75) is 26.0 Å². The molecular weight excluding hydrogens is 218 g/mol. The first-order valence-electron chi connectivity index (χ1n) is 6.01. The monoisotopic (exact) mass is 237 g/mol. The first-order chi connectivity index (χ1) is 8.29. The Labute approximate surface area is 102 Å². The maximum absolute atomic E-state index is 5.78. The summed E-state index contributed by atoms with van der Waals surface area (Å²) in [5.41, 5.74) is 6.86. The van der Waals surface area contributed by atoms with Crippen LogP contribution in [-0.2, 0) is 11.3 Å². The van der Waals surface area contributed by atoms with Gasteiger partial charge in [0.25, 0.3) is 0 Å². The summed E-state index contributed by atoms with van der Waals surface area (Å²) in [6.45, 7) is 4.43. The van der Waals surface area contributed by atoms with Gasteiger partial charge in [0.15, 0.2) is 11.5 Å². The predicted octanol–water partition coefficient (Wildman–Crippen LogP) is 1.71. The molecule has 0 bridgehead atoms. The van der Waals surface area contributed by atoms with Crippen LogP contribution in [0.3, 0.4) is 0 Å². The van der Waals surface area contributed by atoms with E-state index in [-0.39, 0.29) is 6.04 Å². The molecule has 1 aliphatic heterocycles. The fourth-order valence-corrected chi connectivity index (χ4v) is 1.62. The maximum Gasteiger partial charge on any atom is 0.161 e. The van der Waals surface area contributed by atoms with Gasteiger partial charge in [-0.3, -0.25) is 0 Å². The smallest absolute Gasteiger partial charge is 0.161 e. The molecule has 1 unspecified atom stereocenters. The first-order valence-corrected chi connectivity index (χ1v) is 6.01. The van der Waals surface area contributed by atoms with E-state index in [4.69, 9.17) is 19.9 Å². The zero-order valence-electron chi connectivity index (χ0n) is 10.1. The Balaban J connectivity index is 1.89. The van der Waals surface area contributed by atoms with E-state index in [1.807, 2.05) is 18.2 Å². The van der Waals surface area contributed by atoms with Gasteiger partial charge in [0.05, 0.1) is 13.2 Å². The van der Waals surface area contributed by atoms with Crippen molar-refractivity contribution in [3.05, 3.63) is 23.8 Å². The van der Waals surface area contributed by atoms with E-state index in [2.05, 4.69) is 6.92 Å². The van der Waals surface area contributed by atoms with Gasteiger partial charge >= 0.3 is 0 Å². The van der Waals surface area contributed by atoms with E-state index in [1.54, 1.807) is 0 Å². The van der Waals surface area contributed by atoms with E-state index in [0.717, 1.165) is 23.5 Å². The van der Waals surface area contributed by atoms with Crippen molar-refractivity contribution >= 4 is 0 Å². The van der Waals surface area contributed by atoms with E-state index in [0.29, 0.717) is 26.4 Å². The summed E-state index contributed by atoms with van der Waals surface area (Å²) in [6.07, 6.45) is 0.932. The summed E-state index contributed by atoms with van der Waals surface area (Å²) in [5.74, 6) is 1.61. The van der Waals surface area contributed by atoms with Gasteiger partial charge in [-0.05, 0) is 24.1 Å². The number of ether oxygens (including phenoxy) is 3. The van der Waals surface area contributed by atoms with E-state index in [1.165, 1.54) is 0 Å². The second kappa shape index (κ2) is 5.89. The van der Waals surface area contributed by atoms with Crippen molar-refractivity contribution in [1.82, 2.24) is 0 Å². The highest BCUT2D eigenvalue weighted by Crippen LogP contribution is 2.30. The molecule has 0 fully saturated rings. The molecule has 1 aliphatic rings. The topological polar surface area (TPSA) is 53.7 Å². The lowest BCUT2D eigenvalue weighted by Gasteiger charge is -2.19. The Morgan fingerprint density at radius 3 is 2.82 bits per heavy atom. The fourth-order valence-electron chi connectivity index (χ4n) is 1.62. The van der Waals surface area contributed by atoms with Gasteiger partial charge in [0.1, 0.15) is 13.2 Å². The zero-order chi connectivity index (χ0) is 12.1. The zero-order valence-corrected chi connectivity index (χ0v) is 10.1. The van der Waals surface area contributed by atoms with Crippen LogP contribution in [0.4, 0.5) is 0 Å². The normalized spacial score (nSPS) is 15.6. The minimum absolute atomic E-state index is 0.118. The van der Waals surface area contributed by atoms with E-state index >= 15 is 0 Å². The van der Waals surface area contributed by atoms with Gasteiger partial charge < -0.3 is 19.9 Å². The van der Waals surface area contributed by atoms with Crippen LogP contribution >= 0.6 is 0 Å². The molecule has 0 radical (unpaired) electrons. The van der Waals surface area contributed by atoms with Crippen molar-refractivity contribution in [1.29, 1.82) is 0 Å². The molecule has 4 heteroatoms. The molecule has 4 nitrogen and oxygen atoms in total. The minimum Gasteiger partial charge on any atom is -0.486 e. The Morgan fingerprint density at radius 2 is 2.06 bits per heavy atom. The van der Waals surface area contributed by atoms with Gasteiger partial charge in [0, 0.05) is 6.04 Å². The fraction of sp³-hybridized carbons (Fsp3) is 0.538. The molecule has 1 atom stereocenters. The lowest BCUT2D eigenvalue weighted by atomic mass is 10.2. The molecule has 0 saturated heterocycles. The molecule has 2 rings (SSSR count). The van der Waals surface area contributed by atoms with Gasteiger partial charge in [-0.25, -0.2) is 0 Å². The Hall–Kier alpha value is -1.26. The molecule has 17 heavy (non-hydrogen) atoms. The summed E-state index contributed by atoms with van der Waals surface area (Å²) in [4.78, 5) is 0. The van der Waals surface area contributed by atoms with Crippen LogP contribution in [0.1, 0.15) is 18.9 Å². The number of rotatable bonds is 5. The Kier molecular flexibility index (Phi) is 4.23. The van der Waals surface area contributed by atoms with Gasteiger partial charge in [-0.1, -0.05) is 13.0 Å². The standard InChI is InChI=1S/C13H19NO3/c1-2-11(14)9-15-8-10-3-4-12-13(7-10)17-6-5-16-12/h3-4,7,11H,2,5-6,8-9,14H2,1H3. The second-order valence-electron chi connectivity index (χ2n) is 4.16. The van der Waals surface area contributed by atoms with E-state index in [9.17, 15) is 0 Å². The molecular formula is C13H19NO3. The second-order valence-corrected chi connectivity index (χ2v) is 4.16. The number of nitrogens with two attached hydrogens (primary N) is 1. The molecule has 94 valence electrons. The summed E-state index contributed by atoms with van der Waals surface area (Å²) >= 11 is 0. The number of benzene rings is 1. The summed E-state index contributed by atoms with van der Waals surface area (Å²) in [6, 6.07) is 6.00. The lowest BCUT2D eigenvalue weighted by Crippen LogP contribution is -2.24. The minimum atomic E-state index is 0.118. The SMILES string of the molecule is CCC(N)COCc1ccc2c(c1)OCCO2. The van der Waals surface area contributed by atoms with Crippen LogP contribution < -0.4 is 15.2 Å². The Bertz CT molecular complexity index is 368. The largest absolute Gasteiger partial charge is 0.486 e. The summed E-state index contributed by atoms with van der Waals surface area (Å²) in [7, 11) is 0. The molecule has 0 amide bonds. The quantitative estimate of drug-likeness (QED) is 0.847. The highest BCUT2D eigenvalue weighted by molar-refractivity contribution is 5.43. The number of hydrogen-bond donors (Lipinski definition) is 1. The third kappa shape index (κ3) is 3.35. The summed E-state index contributed by atoms with van der Waals surface area (Å²) < 4.78 is 16.5.